The quantitative estimate of drug-likeness (QED) is 0.775. The van der Waals surface area contributed by atoms with E-state index in [2.05, 4.69) is 20.2 Å². The fourth-order valence-corrected chi connectivity index (χ4v) is 3.82. The third-order valence-corrected chi connectivity index (χ3v) is 5.47. The number of aryl methyl sites for hydroxylation is 1. The molecule has 0 spiro atoms. The fourth-order valence-electron chi connectivity index (χ4n) is 3.82. The molecule has 1 aromatic heterocycles. The van der Waals surface area contributed by atoms with E-state index in [0.717, 1.165) is 11.5 Å². The van der Waals surface area contributed by atoms with E-state index in [1.165, 1.54) is 17.9 Å². The number of aromatic nitrogens is 2. The zero-order chi connectivity index (χ0) is 22.0. The number of anilines is 3. The number of hydrogen-bond donors (Lipinski definition) is 1. The number of piperazine rings is 1. The maximum Gasteiger partial charge on any atom is 0.414 e. The van der Waals surface area contributed by atoms with Crippen molar-refractivity contribution in [1.82, 2.24) is 15.3 Å². The third-order valence-electron chi connectivity index (χ3n) is 5.47. The van der Waals surface area contributed by atoms with Crippen LogP contribution in [0.1, 0.15) is 12.6 Å². The van der Waals surface area contributed by atoms with Crippen molar-refractivity contribution in [2.24, 2.45) is 0 Å². The summed E-state index contributed by atoms with van der Waals surface area (Å²) in [6.07, 6.45) is 2.95. The van der Waals surface area contributed by atoms with Crippen molar-refractivity contribution in [3.8, 4) is 0 Å². The SMILES string of the molecule is CC(=O)NCC1COC(=O)N1c1ccc(N2CCN(c3cnc(C)cn3)CC2)c(F)c1. The molecule has 3 heterocycles. The molecule has 10 heteroatoms. The molecule has 0 radical (unpaired) electrons. The first-order valence-corrected chi connectivity index (χ1v) is 10.2. The number of hydrogen-bond acceptors (Lipinski definition) is 7. The summed E-state index contributed by atoms with van der Waals surface area (Å²) in [7, 11) is 0. The Morgan fingerprint density at radius 1 is 1.19 bits per heavy atom. The van der Waals surface area contributed by atoms with Crippen molar-refractivity contribution in [1.29, 1.82) is 0 Å². The fraction of sp³-hybridized carbons (Fsp3) is 0.429. The smallest absolute Gasteiger partial charge is 0.414 e. The molecule has 2 amide bonds. The molecular formula is C21H25FN6O3. The summed E-state index contributed by atoms with van der Waals surface area (Å²) < 4.78 is 20.1. The lowest BCUT2D eigenvalue weighted by molar-refractivity contribution is -0.119. The van der Waals surface area contributed by atoms with Gasteiger partial charge in [-0.1, -0.05) is 0 Å². The average molecular weight is 428 g/mol. The minimum Gasteiger partial charge on any atom is -0.447 e. The lowest BCUT2D eigenvalue weighted by Gasteiger charge is -2.36. The zero-order valence-corrected chi connectivity index (χ0v) is 17.5. The summed E-state index contributed by atoms with van der Waals surface area (Å²) in [5, 5.41) is 2.68. The zero-order valence-electron chi connectivity index (χ0n) is 17.5. The van der Waals surface area contributed by atoms with Gasteiger partial charge in [-0.15, -0.1) is 0 Å². The molecule has 1 unspecified atom stereocenters. The number of ether oxygens (including phenoxy) is 1. The second-order valence-electron chi connectivity index (χ2n) is 7.66. The van der Waals surface area contributed by atoms with Crippen molar-refractivity contribution in [2.45, 2.75) is 19.9 Å². The molecule has 2 fully saturated rings. The Morgan fingerprint density at radius 2 is 1.94 bits per heavy atom. The number of halogens is 1. The number of amides is 2. The van der Waals surface area contributed by atoms with E-state index in [1.807, 2.05) is 11.8 Å². The van der Waals surface area contributed by atoms with Gasteiger partial charge in [0.15, 0.2) is 0 Å². The Balaban J connectivity index is 1.43. The second-order valence-corrected chi connectivity index (χ2v) is 7.66. The van der Waals surface area contributed by atoms with Gasteiger partial charge in [0.25, 0.3) is 0 Å². The number of cyclic esters (lactones) is 1. The van der Waals surface area contributed by atoms with Crippen LogP contribution in [-0.4, -0.2) is 67.3 Å². The van der Waals surface area contributed by atoms with Crippen molar-refractivity contribution in [2.75, 3.05) is 54.0 Å². The van der Waals surface area contributed by atoms with Crippen LogP contribution in [0.15, 0.2) is 30.6 Å². The van der Waals surface area contributed by atoms with Crippen LogP contribution in [0.3, 0.4) is 0 Å². The van der Waals surface area contributed by atoms with Gasteiger partial charge in [-0.25, -0.2) is 14.2 Å². The van der Waals surface area contributed by atoms with Crippen LogP contribution < -0.4 is 20.0 Å². The third kappa shape index (κ3) is 4.52. The Labute approximate surface area is 179 Å². The maximum atomic E-state index is 15.0. The average Bonchev–Trinajstić information content (AvgIpc) is 3.13. The van der Waals surface area contributed by atoms with Gasteiger partial charge in [-0.2, -0.15) is 0 Å². The van der Waals surface area contributed by atoms with Crippen LogP contribution in [0.5, 0.6) is 0 Å². The Kier molecular flexibility index (Phi) is 5.88. The first-order chi connectivity index (χ1) is 14.9. The summed E-state index contributed by atoms with van der Waals surface area (Å²) in [6.45, 7) is 6.38. The normalized spacial score (nSPS) is 18.9. The van der Waals surface area contributed by atoms with Crippen LogP contribution in [0.25, 0.3) is 0 Å². The lowest BCUT2D eigenvalue weighted by atomic mass is 10.2. The molecule has 4 rings (SSSR count). The molecule has 2 saturated heterocycles. The first-order valence-electron chi connectivity index (χ1n) is 10.2. The lowest BCUT2D eigenvalue weighted by Crippen LogP contribution is -2.47. The Morgan fingerprint density at radius 3 is 2.58 bits per heavy atom. The topological polar surface area (TPSA) is 90.9 Å². The minimum atomic E-state index is -0.546. The van der Waals surface area contributed by atoms with Crippen molar-refractivity contribution in [3.63, 3.8) is 0 Å². The molecule has 0 bridgehead atoms. The monoisotopic (exact) mass is 428 g/mol. The van der Waals surface area contributed by atoms with Crippen LogP contribution in [-0.2, 0) is 9.53 Å². The van der Waals surface area contributed by atoms with Crippen molar-refractivity contribution >= 4 is 29.2 Å². The van der Waals surface area contributed by atoms with E-state index in [0.29, 0.717) is 37.6 Å². The summed E-state index contributed by atoms with van der Waals surface area (Å²) >= 11 is 0. The molecule has 9 nitrogen and oxygen atoms in total. The maximum absolute atomic E-state index is 15.0. The highest BCUT2D eigenvalue weighted by Crippen LogP contribution is 2.29. The molecule has 2 aromatic rings. The van der Waals surface area contributed by atoms with Gasteiger partial charge in [0.2, 0.25) is 5.91 Å². The van der Waals surface area contributed by atoms with Gasteiger partial charge < -0.3 is 19.9 Å². The van der Waals surface area contributed by atoms with E-state index in [1.54, 1.807) is 24.5 Å². The molecule has 0 aliphatic carbocycles. The number of carbonyl (C=O) groups is 2. The molecule has 164 valence electrons. The number of rotatable bonds is 5. The first kappa shape index (κ1) is 20.8. The summed E-state index contributed by atoms with van der Waals surface area (Å²) in [4.78, 5) is 37.5. The largest absolute Gasteiger partial charge is 0.447 e. The molecule has 1 aromatic carbocycles. The number of carbonyl (C=O) groups excluding carboxylic acids is 2. The van der Waals surface area contributed by atoms with Crippen LogP contribution >= 0.6 is 0 Å². The molecule has 1 atom stereocenters. The van der Waals surface area contributed by atoms with Gasteiger partial charge >= 0.3 is 6.09 Å². The van der Waals surface area contributed by atoms with E-state index >= 15 is 0 Å². The van der Waals surface area contributed by atoms with Crippen molar-refractivity contribution < 1.29 is 18.7 Å². The number of nitrogens with zero attached hydrogens (tertiary/aromatic N) is 5. The van der Waals surface area contributed by atoms with Crippen molar-refractivity contribution in [3.05, 3.63) is 42.1 Å². The highest BCUT2D eigenvalue weighted by atomic mass is 19.1. The Hall–Kier alpha value is -3.43. The molecule has 1 N–H and O–H groups in total. The predicted octanol–water partition coefficient (Wildman–Crippen LogP) is 1.71. The van der Waals surface area contributed by atoms with E-state index < -0.39 is 11.9 Å². The summed E-state index contributed by atoms with van der Waals surface area (Å²) in [5.41, 5.74) is 1.77. The molecule has 2 aliphatic heterocycles. The molecule has 2 aliphatic rings. The van der Waals surface area contributed by atoms with E-state index in [-0.39, 0.29) is 25.1 Å². The van der Waals surface area contributed by atoms with Gasteiger partial charge in [0, 0.05) is 39.6 Å². The van der Waals surface area contributed by atoms with Gasteiger partial charge in [0.05, 0.1) is 35.5 Å². The summed E-state index contributed by atoms with van der Waals surface area (Å²) in [6, 6.07) is 4.37. The Bertz CT molecular complexity index is 962. The minimum absolute atomic E-state index is 0.145. The molecule has 0 saturated carbocycles. The van der Waals surface area contributed by atoms with Crippen LogP contribution in [0.2, 0.25) is 0 Å². The van der Waals surface area contributed by atoms with Gasteiger partial charge in [0.1, 0.15) is 18.2 Å². The number of nitrogens with one attached hydrogen (secondary N) is 1. The van der Waals surface area contributed by atoms with Crippen LogP contribution in [0, 0.1) is 12.7 Å². The molecular weight excluding hydrogens is 403 g/mol. The summed E-state index contributed by atoms with van der Waals surface area (Å²) in [5.74, 6) is 0.217. The highest BCUT2D eigenvalue weighted by molar-refractivity contribution is 5.90. The van der Waals surface area contributed by atoms with Crippen LogP contribution in [0.4, 0.5) is 26.4 Å². The van der Waals surface area contributed by atoms with E-state index in [4.69, 9.17) is 4.74 Å². The van der Waals surface area contributed by atoms with Gasteiger partial charge in [-0.05, 0) is 25.1 Å². The number of benzene rings is 1. The standard InChI is InChI=1S/C21H25FN6O3/c1-14-10-25-20(12-23-14)27-7-5-26(6-8-27)19-4-3-16(9-18(19)22)28-17(11-24-15(2)29)13-31-21(28)30/h3-4,9-10,12,17H,5-8,11,13H2,1-2H3,(H,24,29). The van der Waals surface area contributed by atoms with Gasteiger partial charge in [-0.3, -0.25) is 14.7 Å². The van der Waals surface area contributed by atoms with E-state index in [9.17, 15) is 14.0 Å². The molecule has 31 heavy (non-hydrogen) atoms. The second kappa shape index (κ2) is 8.75. The highest BCUT2D eigenvalue weighted by Gasteiger charge is 2.35. The predicted molar refractivity (Wildman–Crippen MR) is 114 cm³/mol.